The van der Waals surface area contributed by atoms with Crippen molar-refractivity contribution < 1.29 is 227 Å². The lowest BCUT2D eigenvalue weighted by Gasteiger charge is -2.44. The molecule has 9 aromatic carbocycles. The van der Waals surface area contributed by atoms with Gasteiger partial charge in [-0.3, -0.25) is 0 Å². The number of esters is 10. The maximum absolute atomic E-state index is 15.1. The number of phenols is 24. The number of aromatic hydroxyl groups is 24. The summed E-state index contributed by atoms with van der Waals surface area (Å²) in [5, 5.41) is 249. The molecule has 0 saturated carbocycles. The minimum atomic E-state index is -2.87. The molecule has 2 aliphatic rings. The van der Waals surface area contributed by atoms with Crippen molar-refractivity contribution in [1.29, 1.82) is 0 Å². The first-order valence-corrected chi connectivity index (χ1v) is 33.9. The topological polar surface area (TPSA) is 767 Å². The van der Waals surface area contributed by atoms with E-state index < -0.39 is 328 Å². The normalized spacial score (nSPS) is 18.5. The number of benzene rings is 9. The van der Waals surface area contributed by atoms with Gasteiger partial charge in [0.1, 0.15) is 25.4 Å². The van der Waals surface area contributed by atoms with Crippen LogP contribution in [0.4, 0.5) is 0 Å². The van der Waals surface area contributed by atoms with E-state index in [-0.39, 0.29) is 0 Å². The third-order valence-corrected chi connectivity index (χ3v) is 17.6. The van der Waals surface area contributed by atoms with Gasteiger partial charge in [-0.1, -0.05) is 6.07 Å². The largest absolute Gasteiger partial charge is 0.504 e. The van der Waals surface area contributed by atoms with Gasteiger partial charge in [0.05, 0.1) is 55.6 Å². The molecular formula is C76H58O46. The van der Waals surface area contributed by atoms with Gasteiger partial charge in [-0.2, -0.15) is 0 Å². The molecular weight excluding hydrogens is 1650 g/mol. The highest BCUT2D eigenvalue weighted by Crippen LogP contribution is 2.46. The summed E-state index contributed by atoms with van der Waals surface area (Å²) < 4.78 is 68.7. The van der Waals surface area contributed by atoms with Gasteiger partial charge < -0.3 is 179 Å². The van der Waals surface area contributed by atoms with Crippen LogP contribution in [-0.4, -0.2) is 257 Å². The standard InChI is InChI=1S/C76H58O46/c77-33-5-25(6-34(78)51(33)93)65(101)111-21-49-59(115-69(105)27-9-37(81)53(95)38(82)10-27)61(117-71(107)29-13-41(85)55(97)42(86)14-29)63(119-73(109)31-17-45(89)57(99)46(90)18-31)75(113-49)121-67(103)23-2-1-3-24(4-23)68(104)122-76-64(120-74(110)32-19-47(91)58(100)48(92)20-32)62(118-72(108)30-15-43(87)56(98)44(88)16-30)60(116-70(106)28-11-39(83)54(96)40(84)12-28)50(114-76)22-112-66(102)26-7-35(79)52(94)36(80)8-26/h1-20,49-50,59-64,75-100H,21-22H2/t49-,50-,59-,60-,61+,62+,63-,64-,75+,76+/m1/s1. The Hall–Kier alpha value is -17.2. The van der Waals surface area contributed by atoms with Crippen LogP contribution >= 0.6 is 0 Å². The van der Waals surface area contributed by atoms with Crippen LogP contribution < -0.4 is 0 Å². The third-order valence-electron chi connectivity index (χ3n) is 17.6. The van der Waals surface area contributed by atoms with E-state index in [0.29, 0.717) is 103 Å². The second kappa shape index (κ2) is 34.3. The van der Waals surface area contributed by atoms with Gasteiger partial charge in [0.25, 0.3) is 0 Å². The second-order valence-electron chi connectivity index (χ2n) is 25.8. The van der Waals surface area contributed by atoms with E-state index in [1.54, 1.807) is 0 Å². The van der Waals surface area contributed by atoms with Crippen molar-refractivity contribution in [2.75, 3.05) is 13.2 Å². The number of ether oxygens (including phenoxy) is 12. The van der Waals surface area contributed by atoms with Crippen molar-refractivity contribution in [3.8, 4) is 138 Å². The average molecular weight is 1710 g/mol. The SMILES string of the molecule is O=C(OC[C@H]1O[C@@H](OC(=O)c2cccc(C(=O)O[C@@H]3O[C@H](COC(=O)c4cc(O)c(O)c(O)c4)[C@@H](OC(=O)c4cc(O)c(O)c(O)c4)[C@H](OC(=O)c4cc(O)c(O)c(O)c4)[C@H]3OC(=O)c3cc(O)c(O)c(O)c3)c2)[C@H](OC(=O)c2cc(O)c(O)c(O)c2)[C@@H](OC(=O)c2cc(O)c(O)c(O)c2)[C@@H]1OC(=O)c1cc(O)c(O)c(O)c1)c1cc(O)c(O)c(O)c1. The number of carbonyl (C=O) groups is 10. The number of rotatable bonds is 22. The molecule has 0 spiro atoms. The van der Waals surface area contributed by atoms with E-state index in [2.05, 4.69) is 0 Å². The summed E-state index contributed by atoms with van der Waals surface area (Å²) in [7, 11) is 0. The van der Waals surface area contributed by atoms with E-state index >= 15 is 9.59 Å². The summed E-state index contributed by atoms with van der Waals surface area (Å²) in [4.78, 5) is 145. The highest BCUT2D eigenvalue weighted by atomic mass is 16.8. The summed E-state index contributed by atoms with van der Waals surface area (Å²) in [6, 6.07) is 10.4. The molecule has 0 aliphatic carbocycles. The van der Waals surface area contributed by atoms with Crippen molar-refractivity contribution in [2.24, 2.45) is 0 Å². The smallest absolute Gasteiger partial charge is 0.340 e. The van der Waals surface area contributed by atoms with Crippen molar-refractivity contribution in [2.45, 2.75) is 61.4 Å². The van der Waals surface area contributed by atoms with Gasteiger partial charge in [0, 0.05) is 0 Å². The van der Waals surface area contributed by atoms with Crippen LogP contribution in [-0.2, 0) is 56.8 Å². The highest BCUT2D eigenvalue weighted by Gasteiger charge is 2.57. The Balaban J connectivity index is 1.03. The van der Waals surface area contributed by atoms with Crippen LogP contribution in [0.5, 0.6) is 138 Å². The number of phenolic OH excluding ortho intramolecular Hbond substituents is 24. The van der Waals surface area contributed by atoms with Crippen LogP contribution in [0.25, 0.3) is 0 Å². The Labute approximate surface area is 674 Å². The predicted molar refractivity (Wildman–Crippen MR) is 382 cm³/mol. The van der Waals surface area contributed by atoms with E-state index in [1.807, 2.05) is 0 Å². The number of carbonyl (C=O) groups excluding carboxylic acids is 10. The molecule has 10 atom stereocenters. The lowest BCUT2D eigenvalue weighted by atomic mass is 9.97. The highest BCUT2D eigenvalue weighted by molar-refractivity contribution is 5.98. The Kier molecular flexibility index (Phi) is 24.1. The molecule has 2 aliphatic heterocycles. The van der Waals surface area contributed by atoms with Gasteiger partial charge in [-0.25, -0.2) is 47.9 Å². The lowest BCUT2D eigenvalue weighted by Crippen LogP contribution is -2.63. The molecule has 24 N–H and O–H groups in total. The molecule has 0 unspecified atom stereocenters. The summed E-state index contributed by atoms with van der Waals surface area (Å²) in [5.41, 5.74) is -9.28. The Morgan fingerprint density at radius 1 is 0.205 bits per heavy atom. The minimum absolute atomic E-state index is 0.431. The number of hydrogen-bond donors (Lipinski definition) is 24. The van der Waals surface area contributed by atoms with Crippen molar-refractivity contribution in [3.05, 3.63) is 177 Å². The zero-order chi connectivity index (χ0) is 89.2. The molecule has 2 saturated heterocycles. The van der Waals surface area contributed by atoms with Crippen molar-refractivity contribution in [3.63, 3.8) is 0 Å². The first-order valence-electron chi connectivity index (χ1n) is 33.9. The second-order valence-corrected chi connectivity index (χ2v) is 25.8. The fraction of sp³-hybridized carbons (Fsp3) is 0.158. The van der Waals surface area contributed by atoms with E-state index in [9.17, 15) is 161 Å². The molecule has 0 aromatic heterocycles. The van der Waals surface area contributed by atoms with E-state index in [0.717, 1.165) is 18.2 Å². The average Bonchev–Trinajstić information content (AvgIpc) is 0.768. The van der Waals surface area contributed by atoms with Gasteiger partial charge in [0.2, 0.25) is 24.8 Å². The van der Waals surface area contributed by atoms with Gasteiger partial charge in [-0.05, 0) is 115 Å². The zero-order valence-electron chi connectivity index (χ0n) is 60.4. The molecule has 11 rings (SSSR count). The van der Waals surface area contributed by atoms with E-state index in [1.165, 1.54) is 0 Å². The molecule has 2 fully saturated rings. The Morgan fingerprint density at radius 2 is 0.369 bits per heavy atom. The first-order chi connectivity index (χ1) is 57.5. The van der Waals surface area contributed by atoms with Crippen molar-refractivity contribution >= 4 is 59.7 Å². The molecule has 0 bridgehead atoms. The quantitative estimate of drug-likeness (QED) is 0.0262. The third kappa shape index (κ3) is 18.1. The van der Waals surface area contributed by atoms with Gasteiger partial charge in [0.15, 0.2) is 162 Å². The monoisotopic (exact) mass is 1710 g/mol. The van der Waals surface area contributed by atoms with Gasteiger partial charge in [-0.15, -0.1) is 0 Å². The van der Waals surface area contributed by atoms with Crippen molar-refractivity contribution in [1.82, 2.24) is 0 Å². The van der Waals surface area contributed by atoms with Crippen LogP contribution in [0.2, 0.25) is 0 Å². The van der Waals surface area contributed by atoms with E-state index in [4.69, 9.17) is 56.8 Å². The Bertz CT molecular complexity index is 5250. The maximum Gasteiger partial charge on any atom is 0.340 e. The van der Waals surface area contributed by atoms with Gasteiger partial charge >= 0.3 is 59.7 Å². The molecule has 46 heteroatoms. The molecule has 46 nitrogen and oxygen atoms in total. The summed E-state index contributed by atoms with van der Waals surface area (Å²) >= 11 is 0. The molecule has 0 radical (unpaired) electrons. The molecule has 122 heavy (non-hydrogen) atoms. The van der Waals surface area contributed by atoms with Crippen LogP contribution in [0.15, 0.2) is 121 Å². The fourth-order valence-electron chi connectivity index (χ4n) is 11.5. The molecule has 0 amide bonds. The predicted octanol–water partition coefficient (Wildman–Crippen LogP) is 3.45. The summed E-state index contributed by atoms with van der Waals surface area (Å²) in [6.45, 7) is -2.93. The maximum atomic E-state index is 15.1. The fourth-order valence-corrected chi connectivity index (χ4v) is 11.5. The molecule has 638 valence electrons. The lowest BCUT2D eigenvalue weighted by molar-refractivity contribution is -0.283. The number of hydrogen-bond acceptors (Lipinski definition) is 46. The minimum Gasteiger partial charge on any atom is -0.504 e. The molecule has 2 heterocycles. The summed E-state index contributed by atoms with van der Waals surface area (Å²) in [6.07, 6.45) is -27.2. The van der Waals surface area contributed by atoms with Crippen LogP contribution in [0, 0.1) is 0 Å². The summed E-state index contributed by atoms with van der Waals surface area (Å²) in [5.74, 6) is -47.1. The Morgan fingerprint density at radius 3 is 0.566 bits per heavy atom. The van der Waals surface area contributed by atoms with Crippen LogP contribution in [0.1, 0.15) is 104 Å². The first kappa shape index (κ1) is 85.7. The molecule has 9 aromatic rings. The van der Waals surface area contributed by atoms with Crippen LogP contribution in [0.3, 0.4) is 0 Å². The zero-order valence-corrected chi connectivity index (χ0v) is 60.4.